The third-order valence-corrected chi connectivity index (χ3v) is 5.67. The molecular formula is C12H16BrNO3S. The average Bonchev–Trinajstić information content (AvgIpc) is 2.27. The highest BCUT2D eigenvalue weighted by Crippen LogP contribution is 2.33. The summed E-state index contributed by atoms with van der Waals surface area (Å²) < 4.78 is 26.6. The predicted octanol–water partition coefficient (Wildman–Crippen LogP) is 1.98. The maximum Gasteiger partial charge on any atom is 0.242 e. The Balaban J connectivity index is 2.17. The smallest absolute Gasteiger partial charge is 0.242 e. The van der Waals surface area contributed by atoms with E-state index in [0.717, 1.165) is 10.9 Å². The summed E-state index contributed by atoms with van der Waals surface area (Å²) in [7, 11) is -2.01. The van der Waals surface area contributed by atoms with Crippen LogP contribution in [0.4, 0.5) is 0 Å². The Kier molecular flexibility index (Phi) is 3.82. The van der Waals surface area contributed by atoms with Gasteiger partial charge in [0.05, 0.1) is 10.5 Å². The SMILES string of the molecule is CN(CC1(O)CCC1)S(=O)(=O)c1ccc(Br)cc1. The molecule has 1 aromatic carbocycles. The molecule has 0 spiro atoms. The van der Waals surface area contributed by atoms with Crippen molar-refractivity contribution in [3.05, 3.63) is 28.7 Å². The summed E-state index contributed by atoms with van der Waals surface area (Å²) in [5.74, 6) is 0. The monoisotopic (exact) mass is 333 g/mol. The Morgan fingerprint density at radius 1 is 1.33 bits per heavy atom. The van der Waals surface area contributed by atoms with Crippen LogP contribution < -0.4 is 0 Å². The molecule has 0 aromatic heterocycles. The molecule has 1 N–H and O–H groups in total. The molecule has 6 heteroatoms. The second kappa shape index (κ2) is 4.92. The number of benzene rings is 1. The van der Waals surface area contributed by atoms with Gasteiger partial charge in [0.1, 0.15) is 0 Å². The number of nitrogens with zero attached hydrogens (tertiary/aromatic N) is 1. The molecule has 0 radical (unpaired) electrons. The van der Waals surface area contributed by atoms with Crippen molar-refractivity contribution in [2.45, 2.75) is 29.8 Å². The van der Waals surface area contributed by atoms with E-state index in [0.29, 0.717) is 12.8 Å². The predicted molar refractivity (Wildman–Crippen MR) is 72.8 cm³/mol. The largest absolute Gasteiger partial charge is 0.389 e. The lowest BCUT2D eigenvalue weighted by Gasteiger charge is -2.39. The maximum atomic E-state index is 12.3. The zero-order valence-electron chi connectivity index (χ0n) is 10.1. The van der Waals surface area contributed by atoms with Crippen molar-refractivity contribution in [1.29, 1.82) is 0 Å². The standard InChI is InChI=1S/C12H16BrNO3S/c1-14(9-12(15)7-2-8-12)18(16,17)11-5-3-10(13)4-6-11/h3-6,15H,2,7-9H2,1H3. The number of sulfonamides is 1. The summed E-state index contributed by atoms with van der Waals surface area (Å²) in [5, 5.41) is 10.0. The lowest BCUT2D eigenvalue weighted by atomic mass is 9.80. The first-order valence-electron chi connectivity index (χ1n) is 5.78. The van der Waals surface area contributed by atoms with E-state index in [1.54, 1.807) is 24.3 Å². The molecule has 18 heavy (non-hydrogen) atoms. The van der Waals surface area contributed by atoms with Gasteiger partial charge in [-0.25, -0.2) is 8.42 Å². The Morgan fingerprint density at radius 3 is 2.33 bits per heavy atom. The van der Waals surface area contributed by atoms with Crippen LogP contribution in [-0.2, 0) is 10.0 Å². The van der Waals surface area contributed by atoms with Crippen LogP contribution in [0.2, 0.25) is 0 Å². The highest BCUT2D eigenvalue weighted by molar-refractivity contribution is 9.10. The van der Waals surface area contributed by atoms with Gasteiger partial charge in [0.15, 0.2) is 0 Å². The van der Waals surface area contributed by atoms with Crippen LogP contribution in [-0.4, -0.2) is 37.0 Å². The van der Waals surface area contributed by atoms with Gasteiger partial charge in [0.2, 0.25) is 10.0 Å². The van der Waals surface area contributed by atoms with Gasteiger partial charge in [-0.1, -0.05) is 15.9 Å². The third kappa shape index (κ3) is 2.77. The van der Waals surface area contributed by atoms with Gasteiger partial charge in [-0.2, -0.15) is 4.31 Å². The van der Waals surface area contributed by atoms with E-state index in [1.165, 1.54) is 11.4 Å². The Labute approximate surface area is 116 Å². The molecule has 0 amide bonds. The van der Waals surface area contributed by atoms with E-state index in [-0.39, 0.29) is 11.4 Å². The molecule has 0 bridgehead atoms. The third-order valence-electron chi connectivity index (χ3n) is 3.32. The summed E-state index contributed by atoms with van der Waals surface area (Å²) in [6.45, 7) is 0.158. The van der Waals surface area contributed by atoms with Crippen LogP contribution in [0.3, 0.4) is 0 Å². The van der Waals surface area contributed by atoms with Gasteiger partial charge in [0, 0.05) is 18.1 Å². The van der Waals surface area contributed by atoms with E-state index in [4.69, 9.17) is 0 Å². The molecule has 0 atom stereocenters. The van der Waals surface area contributed by atoms with Gasteiger partial charge in [-0.3, -0.25) is 0 Å². The van der Waals surface area contributed by atoms with Crippen molar-refractivity contribution < 1.29 is 13.5 Å². The molecule has 0 heterocycles. The van der Waals surface area contributed by atoms with Crippen molar-refractivity contribution in [1.82, 2.24) is 4.31 Å². The van der Waals surface area contributed by atoms with E-state index < -0.39 is 15.6 Å². The molecule has 1 saturated carbocycles. The van der Waals surface area contributed by atoms with Crippen molar-refractivity contribution in [3.63, 3.8) is 0 Å². The van der Waals surface area contributed by atoms with Gasteiger partial charge in [-0.15, -0.1) is 0 Å². The summed E-state index contributed by atoms with van der Waals surface area (Å²) in [4.78, 5) is 0.246. The lowest BCUT2D eigenvalue weighted by molar-refractivity contribution is -0.0423. The van der Waals surface area contributed by atoms with E-state index >= 15 is 0 Å². The molecule has 100 valence electrons. The Morgan fingerprint density at radius 2 is 1.89 bits per heavy atom. The zero-order valence-corrected chi connectivity index (χ0v) is 12.5. The summed E-state index contributed by atoms with van der Waals surface area (Å²) >= 11 is 3.27. The highest BCUT2D eigenvalue weighted by Gasteiger charge is 2.38. The van der Waals surface area contributed by atoms with Crippen molar-refractivity contribution in [3.8, 4) is 0 Å². The van der Waals surface area contributed by atoms with Crippen molar-refractivity contribution >= 4 is 26.0 Å². The number of likely N-dealkylation sites (N-methyl/N-ethyl adjacent to an activating group) is 1. The quantitative estimate of drug-likeness (QED) is 0.916. The van der Waals surface area contributed by atoms with Crippen molar-refractivity contribution in [2.24, 2.45) is 0 Å². The van der Waals surface area contributed by atoms with E-state index in [9.17, 15) is 13.5 Å². The van der Waals surface area contributed by atoms with Crippen LogP contribution >= 0.6 is 15.9 Å². The minimum absolute atomic E-state index is 0.158. The fraction of sp³-hybridized carbons (Fsp3) is 0.500. The minimum atomic E-state index is -3.51. The summed E-state index contributed by atoms with van der Waals surface area (Å²) in [6, 6.07) is 6.50. The van der Waals surface area contributed by atoms with Crippen LogP contribution in [0, 0.1) is 0 Å². The summed E-state index contributed by atoms with van der Waals surface area (Å²) in [6.07, 6.45) is 2.31. The molecular weight excluding hydrogens is 318 g/mol. The molecule has 1 fully saturated rings. The topological polar surface area (TPSA) is 57.6 Å². The number of hydrogen-bond acceptors (Lipinski definition) is 3. The maximum absolute atomic E-state index is 12.3. The molecule has 1 aromatic rings. The molecule has 2 rings (SSSR count). The first-order valence-corrected chi connectivity index (χ1v) is 8.01. The van der Waals surface area contributed by atoms with Gasteiger partial charge in [-0.05, 0) is 43.5 Å². The van der Waals surface area contributed by atoms with Gasteiger partial charge < -0.3 is 5.11 Å². The number of aliphatic hydroxyl groups is 1. The molecule has 4 nitrogen and oxygen atoms in total. The average molecular weight is 334 g/mol. The molecule has 0 saturated heterocycles. The first-order chi connectivity index (χ1) is 8.33. The lowest BCUT2D eigenvalue weighted by Crippen LogP contribution is -2.48. The fourth-order valence-corrected chi connectivity index (χ4v) is 3.54. The van der Waals surface area contributed by atoms with E-state index in [1.807, 2.05) is 0 Å². The highest BCUT2D eigenvalue weighted by atomic mass is 79.9. The fourth-order valence-electron chi connectivity index (χ4n) is 2.03. The van der Waals surface area contributed by atoms with Crippen LogP contribution in [0.15, 0.2) is 33.6 Å². The minimum Gasteiger partial charge on any atom is -0.389 e. The summed E-state index contributed by atoms with van der Waals surface area (Å²) in [5.41, 5.74) is -0.836. The van der Waals surface area contributed by atoms with Crippen molar-refractivity contribution in [2.75, 3.05) is 13.6 Å². The second-order valence-electron chi connectivity index (χ2n) is 4.79. The normalized spacial score (nSPS) is 18.7. The van der Waals surface area contributed by atoms with Gasteiger partial charge >= 0.3 is 0 Å². The second-order valence-corrected chi connectivity index (χ2v) is 7.75. The molecule has 0 aliphatic heterocycles. The van der Waals surface area contributed by atoms with Crippen LogP contribution in [0.25, 0.3) is 0 Å². The number of halogens is 1. The zero-order chi connectivity index (χ0) is 13.4. The first kappa shape index (κ1) is 14.0. The Hall–Kier alpha value is -0.430. The van der Waals surface area contributed by atoms with Crippen LogP contribution in [0.1, 0.15) is 19.3 Å². The van der Waals surface area contributed by atoms with E-state index in [2.05, 4.69) is 15.9 Å². The van der Waals surface area contributed by atoms with Crippen LogP contribution in [0.5, 0.6) is 0 Å². The number of rotatable bonds is 4. The van der Waals surface area contributed by atoms with Gasteiger partial charge in [0.25, 0.3) is 0 Å². The molecule has 1 aliphatic rings. The molecule has 0 unspecified atom stereocenters. The Bertz CT molecular complexity index is 523. The number of hydrogen-bond donors (Lipinski definition) is 1. The molecule has 1 aliphatic carbocycles.